The molecule has 0 N–H and O–H groups in total. The molecule has 6 nitrogen and oxygen atoms in total. The average Bonchev–Trinajstić information content (AvgIpc) is 2.79. The van der Waals surface area contributed by atoms with Crippen LogP contribution < -0.4 is 0 Å². The third kappa shape index (κ3) is 2.23. The maximum atomic E-state index is 11.3. The zero-order valence-electron chi connectivity index (χ0n) is 10.5. The van der Waals surface area contributed by atoms with Gasteiger partial charge in [0.1, 0.15) is 0 Å². The summed E-state index contributed by atoms with van der Waals surface area (Å²) in [5.74, 6) is -0.793. The van der Waals surface area contributed by atoms with Gasteiger partial charge in [0.15, 0.2) is 0 Å². The summed E-state index contributed by atoms with van der Waals surface area (Å²) in [6.45, 7) is 0. The summed E-state index contributed by atoms with van der Waals surface area (Å²) in [7, 11) is 0. The molecule has 1 saturated heterocycles. The highest BCUT2D eigenvalue weighted by Gasteiger charge is 2.31. The number of fused-ring (bicyclic) bond motifs is 1. The summed E-state index contributed by atoms with van der Waals surface area (Å²) in [6, 6.07) is 13.3. The van der Waals surface area contributed by atoms with Gasteiger partial charge in [0.25, 0.3) is 11.8 Å². The standard InChI is InChI=1S/C14H11N3O3/c18-13-8-9-14(19)17(13)20-16-15-12-7-3-5-10-4-1-2-6-11(10)12/h1-7H,8-9H2. The van der Waals surface area contributed by atoms with Crippen molar-refractivity contribution in [3.05, 3.63) is 42.5 Å². The molecule has 2 aromatic carbocycles. The molecule has 2 amide bonds. The van der Waals surface area contributed by atoms with Gasteiger partial charge in [-0.3, -0.25) is 9.59 Å². The van der Waals surface area contributed by atoms with E-state index in [9.17, 15) is 9.59 Å². The zero-order valence-corrected chi connectivity index (χ0v) is 10.5. The number of carbonyl (C=O) groups excluding carboxylic acids is 2. The predicted molar refractivity (Wildman–Crippen MR) is 70.6 cm³/mol. The first kappa shape index (κ1) is 12.3. The Hall–Kier alpha value is -2.76. The van der Waals surface area contributed by atoms with E-state index < -0.39 is 11.8 Å². The highest BCUT2D eigenvalue weighted by atomic mass is 16.8. The van der Waals surface area contributed by atoms with E-state index in [4.69, 9.17) is 4.94 Å². The molecule has 1 heterocycles. The van der Waals surface area contributed by atoms with Gasteiger partial charge < -0.3 is 0 Å². The van der Waals surface area contributed by atoms with E-state index in [-0.39, 0.29) is 12.8 Å². The number of carbonyl (C=O) groups is 2. The minimum atomic E-state index is -0.396. The van der Waals surface area contributed by atoms with Crippen LogP contribution in [0.5, 0.6) is 0 Å². The number of nitrogens with zero attached hydrogens (tertiary/aromatic N) is 3. The molecule has 0 bridgehead atoms. The first-order valence-corrected chi connectivity index (χ1v) is 6.17. The Morgan fingerprint density at radius 1 is 0.950 bits per heavy atom. The van der Waals surface area contributed by atoms with E-state index in [1.165, 1.54) is 0 Å². The summed E-state index contributed by atoms with van der Waals surface area (Å²) in [4.78, 5) is 27.4. The topological polar surface area (TPSA) is 71.3 Å². The summed E-state index contributed by atoms with van der Waals surface area (Å²) < 4.78 is 0. The first-order valence-electron chi connectivity index (χ1n) is 6.17. The van der Waals surface area contributed by atoms with Gasteiger partial charge in [-0.1, -0.05) is 41.5 Å². The molecule has 0 aromatic heterocycles. The molecule has 0 aliphatic carbocycles. The molecule has 1 aliphatic rings. The lowest BCUT2D eigenvalue weighted by Crippen LogP contribution is -2.26. The Bertz CT molecular complexity index is 690. The molecule has 2 aromatic rings. The van der Waals surface area contributed by atoms with Crippen LogP contribution in [0.1, 0.15) is 12.8 Å². The Balaban J connectivity index is 1.81. The third-order valence-corrected chi connectivity index (χ3v) is 3.04. The third-order valence-electron chi connectivity index (χ3n) is 3.04. The molecule has 0 unspecified atom stereocenters. The molecule has 0 radical (unpaired) electrons. The number of benzene rings is 2. The Labute approximate surface area is 114 Å². The van der Waals surface area contributed by atoms with Gasteiger partial charge in [-0.25, -0.2) is 4.94 Å². The fourth-order valence-corrected chi connectivity index (χ4v) is 2.04. The zero-order chi connectivity index (χ0) is 13.9. The molecular formula is C14H11N3O3. The second-order valence-electron chi connectivity index (χ2n) is 4.34. The van der Waals surface area contributed by atoms with E-state index >= 15 is 0 Å². The molecule has 20 heavy (non-hydrogen) atoms. The van der Waals surface area contributed by atoms with Crippen molar-refractivity contribution in [1.29, 1.82) is 0 Å². The van der Waals surface area contributed by atoms with Crippen molar-refractivity contribution in [2.45, 2.75) is 12.8 Å². The minimum absolute atomic E-state index is 0.155. The SMILES string of the molecule is O=C1CCC(=O)N1ON=Nc1cccc2ccccc12. The minimum Gasteiger partial charge on any atom is -0.271 e. The van der Waals surface area contributed by atoms with Gasteiger partial charge in [0, 0.05) is 18.2 Å². The smallest absolute Gasteiger partial charge is 0.266 e. The predicted octanol–water partition coefficient (Wildman–Crippen LogP) is 2.92. The van der Waals surface area contributed by atoms with Gasteiger partial charge in [-0.15, -0.1) is 5.11 Å². The van der Waals surface area contributed by atoms with Crippen LogP contribution in [0.25, 0.3) is 10.8 Å². The number of imide groups is 1. The average molecular weight is 269 g/mol. The van der Waals surface area contributed by atoms with Crippen molar-refractivity contribution in [3.63, 3.8) is 0 Å². The lowest BCUT2D eigenvalue weighted by atomic mass is 10.1. The van der Waals surface area contributed by atoms with Crippen molar-refractivity contribution in [2.75, 3.05) is 0 Å². The second kappa shape index (κ2) is 5.08. The highest BCUT2D eigenvalue weighted by molar-refractivity contribution is 6.00. The summed E-state index contributed by atoms with van der Waals surface area (Å²) >= 11 is 0. The lowest BCUT2D eigenvalue weighted by Gasteiger charge is -2.06. The second-order valence-corrected chi connectivity index (χ2v) is 4.34. The fraction of sp³-hybridized carbons (Fsp3) is 0.143. The summed E-state index contributed by atoms with van der Waals surface area (Å²) in [5.41, 5.74) is 0.613. The van der Waals surface area contributed by atoms with Crippen molar-refractivity contribution < 1.29 is 14.5 Å². The molecule has 0 atom stereocenters. The Kier molecular flexibility index (Phi) is 3.12. The van der Waals surface area contributed by atoms with Crippen molar-refractivity contribution in [2.24, 2.45) is 10.4 Å². The number of hydroxylamine groups is 2. The lowest BCUT2D eigenvalue weighted by molar-refractivity contribution is -0.190. The van der Waals surface area contributed by atoms with Crippen LogP contribution in [0.2, 0.25) is 0 Å². The number of amides is 2. The molecule has 100 valence electrons. The van der Waals surface area contributed by atoms with Crippen molar-refractivity contribution >= 4 is 28.3 Å². The highest BCUT2D eigenvalue weighted by Crippen LogP contribution is 2.26. The molecule has 0 saturated carbocycles. The normalized spacial score (nSPS) is 15.5. The van der Waals surface area contributed by atoms with Crippen molar-refractivity contribution in [1.82, 2.24) is 5.06 Å². The monoisotopic (exact) mass is 269 g/mol. The molecule has 6 heteroatoms. The van der Waals surface area contributed by atoms with E-state index in [0.29, 0.717) is 10.8 Å². The molecule has 0 spiro atoms. The van der Waals surface area contributed by atoms with Crippen LogP contribution in [-0.4, -0.2) is 16.9 Å². The van der Waals surface area contributed by atoms with Crippen LogP contribution in [0.3, 0.4) is 0 Å². The number of rotatable bonds is 3. The van der Waals surface area contributed by atoms with Crippen LogP contribution in [0.4, 0.5) is 5.69 Å². The fourth-order valence-electron chi connectivity index (χ4n) is 2.04. The van der Waals surface area contributed by atoms with E-state index in [2.05, 4.69) is 10.4 Å². The van der Waals surface area contributed by atoms with Crippen LogP contribution >= 0.6 is 0 Å². The van der Waals surface area contributed by atoms with E-state index in [1.807, 2.05) is 36.4 Å². The summed E-state index contributed by atoms with van der Waals surface area (Å²) in [6.07, 6.45) is 0.311. The number of hydrogen-bond donors (Lipinski definition) is 0. The van der Waals surface area contributed by atoms with E-state index in [1.54, 1.807) is 6.07 Å². The van der Waals surface area contributed by atoms with Gasteiger partial charge >= 0.3 is 0 Å². The molecule has 3 rings (SSSR count). The molecule has 1 aliphatic heterocycles. The van der Waals surface area contributed by atoms with Crippen LogP contribution in [0.15, 0.2) is 52.9 Å². The van der Waals surface area contributed by atoms with Gasteiger partial charge in [0.05, 0.1) is 11.0 Å². The maximum absolute atomic E-state index is 11.3. The summed E-state index contributed by atoms with van der Waals surface area (Å²) in [5, 5.41) is 10.00. The molecule has 1 fully saturated rings. The van der Waals surface area contributed by atoms with Crippen LogP contribution in [0, 0.1) is 0 Å². The largest absolute Gasteiger partial charge is 0.271 e. The molecular weight excluding hydrogens is 258 g/mol. The van der Waals surface area contributed by atoms with Gasteiger partial charge in [-0.05, 0) is 11.5 Å². The quantitative estimate of drug-likeness (QED) is 0.488. The van der Waals surface area contributed by atoms with Crippen LogP contribution in [-0.2, 0) is 14.5 Å². The first-order chi connectivity index (χ1) is 9.75. The maximum Gasteiger partial charge on any atom is 0.266 e. The van der Waals surface area contributed by atoms with Gasteiger partial charge in [-0.2, -0.15) is 0 Å². The number of hydrogen-bond acceptors (Lipinski definition) is 5. The Morgan fingerprint density at radius 3 is 2.45 bits per heavy atom. The van der Waals surface area contributed by atoms with Crippen molar-refractivity contribution in [3.8, 4) is 0 Å². The van der Waals surface area contributed by atoms with Gasteiger partial charge in [0.2, 0.25) is 0 Å². The van der Waals surface area contributed by atoms with E-state index in [0.717, 1.165) is 10.8 Å². The Morgan fingerprint density at radius 2 is 1.65 bits per heavy atom.